The molecule has 2 N–H and O–H groups in total. The minimum atomic E-state index is -3.77. The number of amides is 1. The van der Waals surface area contributed by atoms with Gasteiger partial charge in [-0.05, 0) is 55.0 Å². The van der Waals surface area contributed by atoms with E-state index in [0.29, 0.717) is 12.1 Å². The van der Waals surface area contributed by atoms with Crippen LogP contribution in [0.5, 0.6) is 0 Å². The fourth-order valence-electron chi connectivity index (χ4n) is 1.95. The average Bonchev–Trinajstić information content (AvgIpc) is 2.55. The van der Waals surface area contributed by atoms with Gasteiger partial charge in [0.15, 0.2) is 0 Å². The first-order chi connectivity index (χ1) is 11.3. The Bertz CT molecular complexity index is 806. The molecular formula is C16H16Br2N2O3S. The molecule has 0 fully saturated rings. The van der Waals surface area contributed by atoms with Crippen LogP contribution >= 0.6 is 31.9 Å². The first-order valence-corrected chi connectivity index (χ1v) is 10.2. The van der Waals surface area contributed by atoms with E-state index >= 15 is 0 Å². The van der Waals surface area contributed by atoms with Gasteiger partial charge in [-0.2, -0.15) is 4.72 Å². The molecule has 2 rings (SSSR count). The summed E-state index contributed by atoms with van der Waals surface area (Å²) in [5.74, 6) is -0.402. The van der Waals surface area contributed by atoms with Crippen molar-refractivity contribution in [3.8, 4) is 0 Å². The lowest BCUT2D eigenvalue weighted by molar-refractivity contribution is -0.117. The summed E-state index contributed by atoms with van der Waals surface area (Å²) in [5.41, 5.74) is 0.601. The molecule has 2 aromatic rings. The third-order valence-electron chi connectivity index (χ3n) is 3.26. The van der Waals surface area contributed by atoms with E-state index in [4.69, 9.17) is 0 Å². The minimum Gasteiger partial charge on any atom is -0.325 e. The summed E-state index contributed by atoms with van der Waals surface area (Å²) in [6.45, 7) is 1.75. The molecule has 0 spiro atoms. The number of nitrogens with one attached hydrogen (secondary N) is 2. The molecule has 0 radical (unpaired) electrons. The van der Waals surface area contributed by atoms with E-state index in [1.54, 1.807) is 43.3 Å². The number of hydrogen-bond donors (Lipinski definition) is 2. The van der Waals surface area contributed by atoms with Gasteiger partial charge >= 0.3 is 0 Å². The van der Waals surface area contributed by atoms with E-state index in [1.165, 1.54) is 12.1 Å². The number of halogens is 2. The quantitative estimate of drug-likeness (QED) is 0.665. The standard InChI is InChI=1S/C16H16Br2N2O3S/c1-2-15(16(21)19-13-7-3-11(17)4-8-13)20-24(22,23)14-9-5-12(18)6-10-14/h3-10,15,20H,2H2,1H3,(H,19,21). The van der Waals surface area contributed by atoms with Gasteiger partial charge in [0.25, 0.3) is 0 Å². The molecular weight excluding hydrogens is 460 g/mol. The van der Waals surface area contributed by atoms with Gasteiger partial charge in [0.1, 0.15) is 6.04 Å². The van der Waals surface area contributed by atoms with E-state index in [-0.39, 0.29) is 4.90 Å². The van der Waals surface area contributed by atoms with E-state index in [9.17, 15) is 13.2 Å². The Morgan fingerprint density at radius 2 is 1.50 bits per heavy atom. The van der Waals surface area contributed by atoms with Crippen molar-refractivity contribution in [1.82, 2.24) is 4.72 Å². The second-order valence-corrected chi connectivity index (χ2v) is 8.58. The van der Waals surface area contributed by atoms with Crippen molar-refractivity contribution >= 4 is 53.5 Å². The van der Waals surface area contributed by atoms with E-state index < -0.39 is 22.0 Å². The minimum absolute atomic E-state index is 0.112. The van der Waals surface area contributed by atoms with Gasteiger partial charge in [-0.15, -0.1) is 0 Å². The van der Waals surface area contributed by atoms with Crippen molar-refractivity contribution in [2.75, 3.05) is 5.32 Å². The Morgan fingerprint density at radius 3 is 2.00 bits per heavy atom. The Morgan fingerprint density at radius 1 is 1.00 bits per heavy atom. The summed E-state index contributed by atoms with van der Waals surface area (Å²) in [6, 6.07) is 12.4. The molecule has 0 aliphatic heterocycles. The highest BCUT2D eigenvalue weighted by Crippen LogP contribution is 2.17. The Kier molecular flexibility index (Phi) is 6.56. The van der Waals surface area contributed by atoms with Crippen molar-refractivity contribution in [1.29, 1.82) is 0 Å². The van der Waals surface area contributed by atoms with Gasteiger partial charge in [0.2, 0.25) is 15.9 Å². The fraction of sp³-hybridized carbons (Fsp3) is 0.188. The van der Waals surface area contributed by atoms with Crippen LogP contribution in [0.4, 0.5) is 5.69 Å². The van der Waals surface area contributed by atoms with Crippen molar-refractivity contribution < 1.29 is 13.2 Å². The first-order valence-electron chi connectivity index (χ1n) is 7.16. The number of carbonyl (C=O) groups excluding carboxylic acids is 1. The maximum absolute atomic E-state index is 12.4. The zero-order chi connectivity index (χ0) is 17.7. The number of carbonyl (C=O) groups is 1. The number of sulfonamides is 1. The predicted octanol–water partition coefficient (Wildman–Crippen LogP) is 3.91. The van der Waals surface area contributed by atoms with Crippen molar-refractivity contribution in [3.63, 3.8) is 0 Å². The number of benzene rings is 2. The molecule has 0 saturated heterocycles. The second-order valence-electron chi connectivity index (χ2n) is 5.03. The lowest BCUT2D eigenvalue weighted by Crippen LogP contribution is -2.43. The first kappa shape index (κ1) is 19.1. The van der Waals surface area contributed by atoms with Crippen molar-refractivity contribution in [3.05, 3.63) is 57.5 Å². The summed E-state index contributed by atoms with van der Waals surface area (Å²) < 4.78 is 28.9. The molecule has 1 amide bonds. The third-order valence-corrected chi connectivity index (χ3v) is 5.80. The van der Waals surface area contributed by atoms with Gasteiger partial charge < -0.3 is 5.32 Å². The smallest absolute Gasteiger partial charge is 0.242 e. The van der Waals surface area contributed by atoms with Gasteiger partial charge in [-0.3, -0.25) is 4.79 Å². The normalized spacial score (nSPS) is 12.6. The van der Waals surface area contributed by atoms with Crippen LogP contribution in [0.15, 0.2) is 62.4 Å². The zero-order valence-electron chi connectivity index (χ0n) is 12.8. The van der Waals surface area contributed by atoms with Crippen LogP contribution in [0.3, 0.4) is 0 Å². The van der Waals surface area contributed by atoms with E-state index in [2.05, 4.69) is 41.9 Å². The van der Waals surface area contributed by atoms with Crippen LogP contribution in [0.1, 0.15) is 13.3 Å². The Hall–Kier alpha value is -1.22. The topological polar surface area (TPSA) is 75.3 Å². The lowest BCUT2D eigenvalue weighted by atomic mass is 10.2. The average molecular weight is 476 g/mol. The summed E-state index contributed by atoms with van der Waals surface area (Å²) in [5, 5.41) is 2.71. The Balaban J connectivity index is 2.11. The zero-order valence-corrected chi connectivity index (χ0v) is 16.8. The molecule has 1 unspecified atom stereocenters. The van der Waals surface area contributed by atoms with Gasteiger partial charge in [0.05, 0.1) is 4.90 Å². The summed E-state index contributed by atoms with van der Waals surface area (Å²) >= 11 is 6.58. The Labute approximate surface area is 158 Å². The number of hydrogen-bond acceptors (Lipinski definition) is 3. The molecule has 0 aromatic heterocycles. The third kappa shape index (κ3) is 5.14. The van der Waals surface area contributed by atoms with Crippen LogP contribution < -0.4 is 10.0 Å². The highest BCUT2D eigenvalue weighted by atomic mass is 79.9. The van der Waals surface area contributed by atoms with Crippen LogP contribution in [-0.2, 0) is 14.8 Å². The maximum Gasteiger partial charge on any atom is 0.242 e. The van der Waals surface area contributed by atoms with Crippen molar-refractivity contribution in [2.24, 2.45) is 0 Å². The molecule has 0 aliphatic carbocycles. The molecule has 128 valence electrons. The fourth-order valence-corrected chi connectivity index (χ4v) is 3.76. The highest BCUT2D eigenvalue weighted by molar-refractivity contribution is 9.10. The molecule has 24 heavy (non-hydrogen) atoms. The van der Waals surface area contributed by atoms with Gasteiger partial charge in [0, 0.05) is 14.6 Å². The molecule has 2 aromatic carbocycles. The molecule has 5 nitrogen and oxygen atoms in total. The van der Waals surface area contributed by atoms with E-state index in [1.807, 2.05) is 0 Å². The predicted molar refractivity (Wildman–Crippen MR) is 101 cm³/mol. The molecule has 0 aliphatic rings. The van der Waals surface area contributed by atoms with Crippen LogP contribution in [-0.4, -0.2) is 20.4 Å². The van der Waals surface area contributed by atoms with E-state index in [0.717, 1.165) is 8.95 Å². The van der Waals surface area contributed by atoms with Crippen LogP contribution in [0.25, 0.3) is 0 Å². The maximum atomic E-state index is 12.4. The highest BCUT2D eigenvalue weighted by Gasteiger charge is 2.24. The monoisotopic (exact) mass is 474 g/mol. The number of anilines is 1. The molecule has 1 atom stereocenters. The number of rotatable bonds is 6. The lowest BCUT2D eigenvalue weighted by Gasteiger charge is -2.17. The largest absolute Gasteiger partial charge is 0.325 e. The van der Waals surface area contributed by atoms with Gasteiger partial charge in [-0.1, -0.05) is 38.8 Å². The van der Waals surface area contributed by atoms with Gasteiger partial charge in [-0.25, -0.2) is 8.42 Å². The van der Waals surface area contributed by atoms with Crippen molar-refractivity contribution in [2.45, 2.75) is 24.3 Å². The summed E-state index contributed by atoms with van der Waals surface area (Å²) in [4.78, 5) is 12.4. The molecule has 0 bridgehead atoms. The SMILES string of the molecule is CCC(NS(=O)(=O)c1ccc(Br)cc1)C(=O)Nc1ccc(Br)cc1. The summed E-state index contributed by atoms with van der Waals surface area (Å²) in [7, 11) is -3.77. The molecule has 8 heteroatoms. The van der Waals surface area contributed by atoms with Crippen LogP contribution in [0.2, 0.25) is 0 Å². The second kappa shape index (κ2) is 8.24. The van der Waals surface area contributed by atoms with Crippen LogP contribution in [0, 0.1) is 0 Å². The molecule has 0 heterocycles. The molecule has 0 saturated carbocycles. The summed E-state index contributed by atoms with van der Waals surface area (Å²) in [6.07, 6.45) is 0.331.